The number of piperidine rings is 1. The van der Waals surface area contributed by atoms with Crippen LogP contribution in [0.5, 0.6) is 0 Å². The third-order valence-electron chi connectivity index (χ3n) is 3.73. The molecule has 6 nitrogen and oxygen atoms in total. The molecule has 0 saturated carbocycles. The van der Waals surface area contributed by atoms with Gasteiger partial charge in [-0.2, -0.15) is 5.26 Å². The molecule has 1 fully saturated rings. The standard InChI is InChI=1S/C15H21N5O/c16-10-13-5-1-6-14(19-13)18-7-3-9-20-8-2-4-12(11-20)15(17)21/h1,5-6,12H,2-4,7-9,11H2,(H2,17,21)(H,18,19). The Morgan fingerprint density at radius 1 is 1.57 bits per heavy atom. The van der Waals surface area contributed by atoms with Gasteiger partial charge in [-0.25, -0.2) is 4.98 Å². The minimum atomic E-state index is -0.185. The van der Waals surface area contributed by atoms with Crippen LogP contribution in [-0.2, 0) is 4.79 Å². The fraction of sp³-hybridized carbons (Fsp3) is 0.533. The van der Waals surface area contributed by atoms with Gasteiger partial charge in [-0.3, -0.25) is 4.79 Å². The van der Waals surface area contributed by atoms with E-state index >= 15 is 0 Å². The maximum atomic E-state index is 11.2. The van der Waals surface area contributed by atoms with Crippen LogP contribution >= 0.6 is 0 Å². The molecule has 0 spiro atoms. The lowest BCUT2D eigenvalue weighted by Gasteiger charge is -2.31. The topological polar surface area (TPSA) is 95.0 Å². The SMILES string of the molecule is N#Cc1cccc(NCCCN2CCCC(C(N)=O)C2)n1. The van der Waals surface area contributed by atoms with E-state index in [0.29, 0.717) is 5.69 Å². The molecule has 0 radical (unpaired) electrons. The van der Waals surface area contributed by atoms with Crippen molar-refractivity contribution in [3.05, 3.63) is 23.9 Å². The molecule has 6 heteroatoms. The fourth-order valence-electron chi connectivity index (χ4n) is 2.61. The monoisotopic (exact) mass is 287 g/mol. The van der Waals surface area contributed by atoms with Crippen molar-refractivity contribution in [3.8, 4) is 6.07 Å². The second-order valence-electron chi connectivity index (χ2n) is 5.34. The van der Waals surface area contributed by atoms with E-state index in [9.17, 15) is 4.79 Å². The Morgan fingerprint density at radius 2 is 2.43 bits per heavy atom. The molecule has 1 unspecified atom stereocenters. The Kier molecular flexibility index (Phi) is 5.52. The minimum absolute atomic E-state index is 0.000635. The summed E-state index contributed by atoms with van der Waals surface area (Å²) in [5.41, 5.74) is 5.79. The molecule has 2 heterocycles. The van der Waals surface area contributed by atoms with Crippen LogP contribution in [-0.4, -0.2) is 42.0 Å². The third kappa shape index (κ3) is 4.72. The Labute approximate surface area is 124 Å². The molecule has 0 aliphatic carbocycles. The Bertz CT molecular complexity index is 525. The van der Waals surface area contributed by atoms with Gasteiger partial charge in [-0.15, -0.1) is 0 Å². The van der Waals surface area contributed by atoms with Gasteiger partial charge >= 0.3 is 0 Å². The van der Waals surface area contributed by atoms with E-state index in [2.05, 4.69) is 15.2 Å². The summed E-state index contributed by atoms with van der Waals surface area (Å²) < 4.78 is 0. The van der Waals surface area contributed by atoms with Crippen molar-refractivity contribution in [1.82, 2.24) is 9.88 Å². The third-order valence-corrected chi connectivity index (χ3v) is 3.73. The zero-order valence-electron chi connectivity index (χ0n) is 12.1. The molecule has 1 amide bonds. The smallest absolute Gasteiger partial charge is 0.221 e. The molecule has 2 rings (SSSR count). The van der Waals surface area contributed by atoms with Gasteiger partial charge in [0.05, 0.1) is 5.92 Å². The van der Waals surface area contributed by atoms with Crippen LogP contribution in [0.25, 0.3) is 0 Å². The highest BCUT2D eigenvalue weighted by atomic mass is 16.1. The minimum Gasteiger partial charge on any atom is -0.370 e. The number of likely N-dealkylation sites (tertiary alicyclic amines) is 1. The predicted octanol–water partition coefficient (Wildman–Crippen LogP) is 0.953. The molecule has 1 saturated heterocycles. The molecule has 112 valence electrons. The van der Waals surface area contributed by atoms with E-state index in [0.717, 1.165) is 51.3 Å². The Morgan fingerprint density at radius 3 is 3.19 bits per heavy atom. The van der Waals surface area contributed by atoms with Gasteiger partial charge in [0, 0.05) is 13.1 Å². The van der Waals surface area contributed by atoms with E-state index < -0.39 is 0 Å². The molecule has 1 aromatic rings. The number of anilines is 1. The zero-order chi connectivity index (χ0) is 15.1. The second-order valence-corrected chi connectivity index (χ2v) is 5.34. The van der Waals surface area contributed by atoms with E-state index in [1.165, 1.54) is 0 Å². The molecule has 0 aromatic carbocycles. The molecular weight excluding hydrogens is 266 g/mol. The van der Waals surface area contributed by atoms with Crippen LogP contribution in [0, 0.1) is 17.2 Å². The molecule has 3 N–H and O–H groups in total. The number of pyridine rings is 1. The number of rotatable bonds is 6. The maximum absolute atomic E-state index is 11.2. The number of hydrogen-bond donors (Lipinski definition) is 2. The van der Waals surface area contributed by atoms with Crippen LogP contribution in [0.2, 0.25) is 0 Å². The number of amides is 1. The summed E-state index contributed by atoms with van der Waals surface area (Å²) in [6.07, 6.45) is 2.91. The first-order valence-corrected chi connectivity index (χ1v) is 7.32. The van der Waals surface area contributed by atoms with Crippen molar-refractivity contribution < 1.29 is 4.79 Å². The normalized spacial score (nSPS) is 18.9. The number of nitriles is 1. The van der Waals surface area contributed by atoms with Gasteiger partial charge < -0.3 is 16.0 Å². The Balaban J connectivity index is 1.69. The number of nitrogens with one attached hydrogen (secondary N) is 1. The second kappa shape index (κ2) is 7.60. The first kappa shape index (κ1) is 15.3. The summed E-state index contributed by atoms with van der Waals surface area (Å²) in [4.78, 5) is 17.7. The van der Waals surface area contributed by atoms with Crippen LogP contribution < -0.4 is 11.1 Å². The average molecular weight is 287 g/mol. The lowest BCUT2D eigenvalue weighted by atomic mass is 9.97. The molecule has 1 aromatic heterocycles. The summed E-state index contributed by atoms with van der Waals surface area (Å²) in [5.74, 6) is 0.540. The van der Waals surface area contributed by atoms with Crippen LogP contribution in [0.15, 0.2) is 18.2 Å². The van der Waals surface area contributed by atoms with Gasteiger partial charge in [0.2, 0.25) is 5.91 Å². The molecular formula is C15H21N5O. The van der Waals surface area contributed by atoms with Crippen LogP contribution in [0.3, 0.4) is 0 Å². The number of nitrogens with two attached hydrogens (primary N) is 1. The van der Waals surface area contributed by atoms with Gasteiger partial charge in [-0.1, -0.05) is 6.07 Å². The van der Waals surface area contributed by atoms with Crippen molar-refractivity contribution in [3.63, 3.8) is 0 Å². The number of aromatic nitrogens is 1. The first-order valence-electron chi connectivity index (χ1n) is 7.32. The number of primary amides is 1. The number of nitrogens with zero attached hydrogens (tertiary/aromatic N) is 3. The molecule has 1 aliphatic heterocycles. The predicted molar refractivity (Wildman–Crippen MR) is 80.4 cm³/mol. The lowest BCUT2D eigenvalue weighted by Crippen LogP contribution is -2.41. The molecule has 21 heavy (non-hydrogen) atoms. The largest absolute Gasteiger partial charge is 0.370 e. The van der Waals surface area contributed by atoms with Crippen LogP contribution in [0.1, 0.15) is 25.0 Å². The van der Waals surface area contributed by atoms with Gasteiger partial charge in [0.1, 0.15) is 17.6 Å². The highest BCUT2D eigenvalue weighted by Crippen LogP contribution is 2.16. The summed E-state index contributed by atoms with van der Waals surface area (Å²) in [7, 11) is 0. The molecule has 1 atom stereocenters. The number of carbonyl (C=O) groups is 1. The summed E-state index contributed by atoms with van der Waals surface area (Å²) >= 11 is 0. The van der Waals surface area contributed by atoms with Crippen molar-refractivity contribution >= 4 is 11.7 Å². The average Bonchev–Trinajstić information content (AvgIpc) is 2.52. The number of carbonyl (C=O) groups excluding carboxylic acids is 1. The Hall–Kier alpha value is -2.13. The summed E-state index contributed by atoms with van der Waals surface area (Å²) in [6.45, 7) is 3.54. The molecule has 0 bridgehead atoms. The maximum Gasteiger partial charge on any atom is 0.221 e. The molecule has 1 aliphatic rings. The number of hydrogen-bond acceptors (Lipinski definition) is 5. The summed E-state index contributed by atoms with van der Waals surface area (Å²) in [6, 6.07) is 7.37. The van der Waals surface area contributed by atoms with Crippen LogP contribution in [0.4, 0.5) is 5.82 Å². The summed E-state index contributed by atoms with van der Waals surface area (Å²) in [5, 5.41) is 12.0. The van der Waals surface area contributed by atoms with E-state index in [1.54, 1.807) is 6.07 Å². The van der Waals surface area contributed by atoms with E-state index in [4.69, 9.17) is 11.0 Å². The highest BCUT2D eigenvalue weighted by molar-refractivity contribution is 5.76. The first-order chi connectivity index (χ1) is 10.2. The highest BCUT2D eigenvalue weighted by Gasteiger charge is 2.23. The van der Waals surface area contributed by atoms with Gasteiger partial charge in [0.25, 0.3) is 0 Å². The van der Waals surface area contributed by atoms with Crippen molar-refractivity contribution in [2.24, 2.45) is 11.7 Å². The van der Waals surface area contributed by atoms with Gasteiger partial charge in [0.15, 0.2) is 0 Å². The van der Waals surface area contributed by atoms with Crippen molar-refractivity contribution in [2.75, 3.05) is 31.5 Å². The van der Waals surface area contributed by atoms with Gasteiger partial charge in [-0.05, 0) is 44.5 Å². The lowest BCUT2D eigenvalue weighted by molar-refractivity contribution is -0.123. The van der Waals surface area contributed by atoms with E-state index in [-0.39, 0.29) is 11.8 Å². The van der Waals surface area contributed by atoms with Crippen molar-refractivity contribution in [2.45, 2.75) is 19.3 Å². The van der Waals surface area contributed by atoms with E-state index in [1.807, 2.05) is 18.2 Å². The fourth-order valence-corrected chi connectivity index (χ4v) is 2.61. The quantitative estimate of drug-likeness (QED) is 0.760. The zero-order valence-corrected chi connectivity index (χ0v) is 12.1. The van der Waals surface area contributed by atoms with Crippen molar-refractivity contribution in [1.29, 1.82) is 5.26 Å².